The number of carboxylic acids is 1. The number of carbonyl (C=O) groups is 3. The SMILES string of the molecule is C=C(C)C(C(=O)O)N1C(=O)C(NC(=O)CCl)C1S(=O)OC1CCCCC1. The Hall–Kier alpha value is -1.45. The van der Waals surface area contributed by atoms with Crippen LogP contribution in [-0.2, 0) is 29.6 Å². The Morgan fingerprint density at radius 1 is 1.42 bits per heavy atom. The molecule has 10 heteroatoms. The normalized spacial score (nSPS) is 25.9. The van der Waals surface area contributed by atoms with Crippen LogP contribution >= 0.6 is 11.6 Å². The molecule has 0 bridgehead atoms. The molecule has 2 N–H and O–H groups in total. The van der Waals surface area contributed by atoms with E-state index in [-0.39, 0.29) is 17.6 Å². The summed E-state index contributed by atoms with van der Waals surface area (Å²) in [7, 11) is 0. The summed E-state index contributed by atoms with van der Waals surface area (Å²) in [5, 5.41) is 10.7. The average Bonchev–Trinajstić information content (AvgIpc) is 2.59. The van der Waals surface area contributed by atoms with Crippen LogP contribution in [0.5, 0.6) is 0 Å². The van der Waals surface area contributed by atoms with Crippen molar-refractivity contribution in [3.63, 3.8) is 0 Å². The topological polar surface area (TPSA) is 113 Å². The summed E-state index contributed by atoms with van der Waals surface area (Å²) in [5.74, 6) is -2.90. The lowest BCUT2D eigenvalue weighted by Gasteiger charge is -2.48. The second kappa shape index (κ2) is 8.96. The van der Waals surface area contributed by atoms with Gasteiger partial charge in [-0.3, -0.25) is 13.8 Å². The maximum atomic E-state index is 12.8. The Bertz CT molecular complexity index is 608. The minimum Gasteiger partial charge on any atom is -0.479 e. The zero-order chi connectivity index (χ0) is 19.4. The van der Waals surface area contributed by atoms with Gasteiger partial charge in [0.2, 0.25) is 5.91 Å². The first-order chi connectivity index (χ1) is 12.3. The lowest BCUT2D eigenvalue weighted by molar-refractivity contribution is -0.160. The molecule has 1 saturated heterocycles. The first kappa shape index (κ1) is 20.9. The van der Waals surface area contributed by atoms with Gasteiger partial charge in [-0.2, -0.15) is 0 Å². The van der Waals surface area contributed by atoms with Gasteiger partial charge in [0.05, 0.1) is 6.10 Å². The van der Waals surface area contributed by atoms with E-state index < -0.39 is 46.3 Å². The number of amides is 2. The van der Waals surface area contributed by atoms with Crippen molar-refractivity contribution in [1.82, 2.24) is 10.2 Å². The number of aliphatic carboxylic acids is 1. The van der Waals surface area contributed by atoms with Gasteiger partial charge in [0, 0.05) is 0 Å². The van der Waals surface area contributed by atoms with Crippen molar-refractivity contribution in [2.45, 2.75) is 62.6 Å². The van der Waals surface area contributed by atoms with Gasteiger partial charge in [-0.05, 0) is 25.3 Å². The fourth-order valence-corrected chi connectivity index (χ4v) is 4.70. The Labute approximate surface area is 159 Å². The number of alkyl halides is 1. The maximum Gasteiger partial charge on any atom is 0.330 e. The van der Waals surface area contributed by atoms with Crippen molar-refractivity contribution < 1.29 is 27.9 Å². The standard InChI is InChI=1S/C16H23ClN2O6S/c1-9(2)13(16(22)23)19-14(21)12(18-11(20)8-17)15(19)26(24)25-10-6-4-3-5-7-10/h10,12-13,15H,1,3-8H2,2H3,(H,18,20)(H,22,23). The van der Waals surface area contributed by atoms with E-state index in [4.69, 9.17) is 15.8 Å². The van der Waals surface area contributed by atoms with Crippen molar-refractivity contribution in [2.24, 2.45) is 0 Å². The van der Waals surface area contributed by atoms with Crippen LogP contribution in [0.2, 0.25) is 0 Å². The molecule has 2 rings (SSSR count). The number of hydrogen-bond donors (Lipinski definition) is 2. The second-order valence-electron chi connectivity index (χ2n) is 6.52. The number of β-lactam (4-membered cyclic amide) rings is 1. The van der Waals surface area contributed by atoms with Crippen molar-refractivity contribution in [1.29, 1.82) is 0 Å². The molecule has 1 aliphatic carbocycles. The molecule has 2 aliphatic rings. The Morgan fingerprint density at radius 2 is 2.04 bits per heavy atom. The third kappa shape index (κ3) is 4.44. The van der Waals surface area contributed by atoms with Crippen LogP contribution in [0.25, 0.3) is 0 Å². The van der Waals surface area contributed by atoms with Crippen LogP contribution in [0.15, 0.2) is 12.2 Å². The van der Waals surface area contributed by atoms with Gasteiger partial charge in [-0.25, -0.2) is 9.00 Å². The number of likely N-dealkylation sites (tertiary alicyclic amines) is 1. The number of carbonyl (C=O) groups excluding carboxylic acids is 2. The third-order valence-electron chi connectivity index (χ3n) is 4.48. The zero-order valence-electron chi connectivity index (χ0n) is 14.5. The van der Waals surface area contributed by atoms with E-state index in [1.54, 1.807) is 0 Å². The van der Waals surface area contributed by atoms with Crippen LogP contribution in [0, 0.1) is 0 Å². The molecule has 0 aromatic carbocycles. The summed E-state index contributed by atoms with van der Waals surface area (Å²) in [6.07, 6.45) is 4.32. The van der Waals surface area contributed by atoms with Gasteiger partial charge in [-0.15, -0.1) is 11.6 Å². The van der Waals surface area contributed by atoms with Crippen molar-refractivity contribution >= 4 is 40.5 Å². The highest BCUT2D eigenvalue weighted by Gasteiger charge is 2.57. The zero-order valence-corrected chi connectivity index (χ0v) is 16.1. The Morgan fingerprint density at radius 3 is 2.54 bits per heavy atom. The fourth-order valence-electron chi connectivity index (χ4n) is 3.23. The van der Waals surface area contributed by atoms with Gasteiger partial charge in [-0.1, -0.05) is 25.8 Å². The van der Waals surface area contributed by atoms with Crippen LogP contribution in [-0.4, -0.2) is 61.4 Å². The van der Waals surface area contributed by atoms with E-state index in [1.165, 1.54) is 6.92 Å². The minimum absolute atomic E-state index is 0.209. The molecule has 146 valence electrons. The molecule has 0 aromatic rings. The van der Waals surface area contributed by atoms with Gasteiger partial charge in [0.25, 0.3) is 5.91 Å². The first-order valence-electron chi connectivity index (χ1n) is 8.41. The molecule has 2 amide bonds. The average molecular weight is 407 g/mol. The van der Waals surface area contributed by atoms with E-state index in [0.29, 0.717) is 0 Å². The van der Waals surface area contributed by atoms with Crippen molar-refractivity contribution in [2.75, 3.05) is 5.88 Å². The highest BCUT2D eigenvalue weighted by molar-refractivity contribution is 7.81. The molecule has 8 nitrogen and oxygen atoms in total. The van der Waals surface area contributed by atoms with E-state index in [9.17, 15) is 23.7 Å². The molecule has 0 aromatic heterocycles. The molecule has 1 heterocycles. The Balaban J connectivity index is 2.21. The smallest absolute Gasteiger partial charge is 0.330 e. The van der Waals surface area contributed by atoms with Crippen LogP contribution in [0.1, 0.15) is 39.0 Å². The molecule has 4 atom stereocenters. The van der Waals surface area contributed by atoms with E-state index in [1.807, 2.05) is 0 Å². The van der Waals surface area contributed by atoms with Crippen LogP contribution < -0.4 is 5.32 Å². The largest absolute Gasteiger partial charge is 0.479 e. The molecule has 1 aliphatic heterocycles. The van der Waals surface area contributed by atoms with Gasteiger partial charge in [0.1, 0.15) is 11.9 Å². The molecule has 0 spiro atoms. The van der Waals surface area contributed by atoms with Crippen molar-refractivity contribution in [3.8, 4) is 0 Å². The molecular weight excluding hydrogens is 384 g/mol. The van der Waals surface area contributed by atoms with Crippen LogP contribution in [0.3, 0.4) is 0 Å². The lowest BCUT2D eigenvalue weighted by atomic mass is 9.98. The summed E-state index contributed by atoms with van der Waals surface area (Å²) < 4.78 is 18.4. The molecule has 1 saturated carbocycles. The highest BCUT2D eigenvalue weighted by atomic mass is 35.5. The summed E-state index contributed by atoms with van der Waals surface area (Å²) in [6.45, 7) is 5.07. The molecule has 4 unspecified atom stereocenters. The number of nitrogens with one attached hydrogen (secondary N) is 1. The number of halogens is 1. The van der Waals surface area contributed by atoms with E-state index in [2.05, 4.69) is 11.9 Å². The quantitative estimate of drug-likeness (QED) is 0.352. The second-order valence-corrected chi connectivity index (χ2v) is 7.98. The number of rotatable bonds is 8. The summed E-state index contributed by atoms with van der Waals surface area (Å²) >= 11 is 3.47. The van der Waals surface area contributed by atoms with E-state index >= 15 is 0 Å². The number of hydrogen-bond acceptors (Lipinski definition) is 5. The highest BCUT2D eigenvalue weighted by Crippen LogP contribution is 2.31. The summed E-state index contributed by atoms with van der Waals surface area (Å²) in [5.41, 5.74) is 0.215. The van der Waals surface area contributed by atoms with E-state index in [0.717, 1.165) is 37.0 Å². The Kier molecular flexibility index (Phi) is 7.19. The maximum absolute atomic E-state index is 12.8. The molecule has 2 fully saturated rings. The predicted octanol–water partition coefficient (Wildman–Crippen LogP) is 0.921. The summed E-state index contributed by atoms with van der Waals surface area (Å²) in [4.78, 5) is 36.5. The predicted molar refractivity (Wildman–Crippen MR) is 95.6 cm³/mol. The minimum atomic E-state index is -1.99. The number of carboxylic acid groups (broad SMARTS) is 1. The fraction of sp³-hybridized carbons (Fsp3) is 0.688. The molecule has 0 radical (unpaired) electrons. The number of nitrogens with zero attached hydrogens (tertiary/aromatic N) is 1. The van der Waals surface area contributed by atoms with Gasteiger partial charge >= 0.3 is 5.97 Å². The third-order valence-corrected chi connectivity index (χ3v) is 6.08. The molecule has 26 heavy (non-hydrogen) atoms. The monoisotopic (exact) mass is 406 g/mol. The summed E-state index contributed by atoms with van der Waals surface area (Å²) in [6, 6.07) is -2.47. The molecular formula is C16H23ClN2O6S. The van der Waals surface area contributed by atoms with Gasteiger partial charge in [0.15, 0.2) is 22.5 Å². The van der Waals surface area contributed by atoms with Gasteiger partial charge < -0.3 is 15.3 Å². The first-order valence-corrected chi connectivity index (χ1v) is 10.1. The lowest BCUT2D eigenvalue weighted by Crippen LogP contribution is -2.75. The van der Waals surface area contributed by atoms with Crippen LogP contribution in [0.4, 0.5) is 0 Å². The van der Waals surface area contributed by atoms with Crippen molar-refractivity contribution in [3.05, 3.63) is 12.2 Å².